The average molecular weight is 259 g/mol. The molecule has 100 valence electrons. The van der Waals surface area contributed by atoms with E-state index in [0.29, 0.717) is 6.42 Å². The molecule has 0 unspecified atom stereocenters. The van der Waals surface area contributed by atoms with E-state index in [1.165, 1.54) is 6.92 Å². The van der Waals surface area contributed by atoms with Crippen LogP contribution in [0.5, 0.6) is 0 Å². The van der Waals surface area contributed by atoms with Crippen molar-refractivity contribution in [3.05, 3.63) is 11.5 Å². The lowest BCUT2D eigenvalue weighted by molar-refractivity contribution is -0.163. The first-order chi connectivity index (χ1) is 8.29. The maximum atomic E-state index is 11.2. The highest BCUT2D eigenvalue weighted by Gasteiger charge is 2.23. The van der Waals surface area contributed by atoms with Gasteiger partial charge in [-0.2, -0.15) is 0 Å². The maximum absolute atomic E-state index is 11.2. The second-order valence-corrected chi connectivity index (χ2v) is 3.25. The van der Waals surface area contributed by atoms with E-state index in [-0.39, 0.29) is 12.1 Å². The number of carbonyl (C=O) groups excluding carboxylic acids is 2. The Hall–Kier alpha value is -2.38. The molecule has 0 heterocycles. The Kier molecular flexibility index (Phi) is 6.11. The van der Waals surface area contributed by atoms with Crippen molar-refractivity contribution in [2.45, 2.75) is 26.7 Å². The van der Waals surface area contributed by atoms with Gasteiger partial charge in [0.05, 0.1) is 5.70 Å². The van der Waals surface area contributed by atoms with E-state index < -0.39 is 29.6 Å². The first kappa shape index (κ1) is 15.6. The standard InChI is InChI=1S/C10H13NO7/c1-3-4-6(12)11-5(2)7(8(13)14)18-10(17)9(15)16/h3-4H2,1-2H3,(H,11,12)(H,13,14)(H,15,16). The van der Waals surface area contributed by atoms with E-state index in [0.717, 1.165) is 0 Å². The molecule has 0 aliphatic heterocycles. The van der Waals surface area contributed by atoms with Gasteiger partial charge < -0.3 is 20.3 Å². The zero-order valence-electron chi connectivity index (χ0n) is 9.85. The van der Waals surface area contributed by atoms with E-state index in [9.17, 15) is 19.2 Å². The van der Waals surface area contributed by atoms with E-state index >= 15 is 0 Å². The number of carboxylic acid groups (broad SMARTS) is 2. The number of hydrogen-bond acceptors (Lipinski definition) is 5. The number of ether oxygens (including phenoxy) is 1. The largest absolute Gasteiger partial charge is 0.475 e. The summed E-state index contributed by atoms with van der Waals surface area (Å²) in [5.74, 6) is -6.70. The fraction of sp³-hybridized carbons (Fsp3) is 0.400. The Bertz CT molecular complexity index is 410. The minimum atomic E-state index is -1.93. The molecule has 0 aromatic heterocycles. The number of esters is 1. The molecule has 0 saturated carbocycles. The van der Waals surface area contributed by atoms with Crippen LogP contribution in [-0.4, -0.2) is 34.0 Å². The summed E-state index contributed by atoms with van der Waals surface area (Å²) < 4.78 is 4.14. The number of aliphatic carboxylic acids is 2. The van der Waals surface area contributed by atoms with Gasteiger partial charge in [-0.3, -0.25) is 4.79 Å². The van der Waals surface area contributed by atoms with E-state index in [1.54, 1.807) is 6.92 Å². The van der Waals surface area contributed by atoms with Crippen molar-refractivity contribution in [3.63, 3.8) is 0 Å². The van der Waals surface area contributed by atoms with Crippen LogP contribution in [0.2, 0.25) is 0 Å². The van der Waals surface area contributed by atoms with Crippen LogP contribution in [0, 0.1) is 0 Å². The molecule has 0 atom stereocenters. The molecule has 0 aromatic carbocycles. The molecule has 18 heavy (non-hydrogen) atoms. The van der Waals surface area contributed by atoms with Crippen LogP contribution >= 0.6 is 0 Å². The maximum Gasteiger partial charge on any atom is 0.422 e. The molecule has 0 radical (unpaired) electrons. The summed E-state index contributed by atoms with van der Waals surface area (Å²) in [7, 11) is 0. The number of nitrogens with one attached hydrogen (secondary N) is 1. The van der Waals surface area contributed by atoms with E-state index in [4.69, 9.17) is 10.2 Å². The Balaban J connectivity index is 4.96. The van der Waals surface area contributed by atoms with Gasteiger partial charge in [-0.15, -0.1) is 0 Å². The number of allylic oxidation sites excluding steroid dienone is 1. The van der Waals surface area contributed by atoms with Gasteiger partial charge in [0.15, 0.2) is 0 Å². The number of carbonyl (C=O) groups is 4. The topological polar surface area (TPSA) is 130 Å². The fourth-order valence-corrected chi connectivity index (χ4v) is 0.972. The highest BCUT2D eigenvalue weighted by molar-refractivity contribution is 6.29. The molecular formula is C10H13NO7. The molecular weight excluding hydrogens is 246 g/mol. The Labute approximate surface area is 102 Å². The SMILES string of the molecule is CCCC(=O)NC(C)=C(OC(=O)C(=O)O)C(=O)O. The second kappa shape index (κ2) is 7.05. The van der Waals surface area contributed by atoms with Crippen molar-refractivity contribution in [2.24, 2.45) is 0 Å². The van der Waals surface area contributed by atoms with Gasteiger partial charge in [0, 0.05) is 6.42 Å². The van der Waals surface area contributed by atoms with Crippen LogP contribution < -0.4 is 5.32 Å². The lowest BCUT2D eigenvalue weighted by atomic mass is 10.3. The summed E-state index contributed by atoms with van der Waals surface area (Å²) in [6.45, 7) is 2.94. The number of amides is 1. The molecule has 0 aliphatic carbocycles. The molecule has 0 bridgehead atoms. The third-order valence-corrected chi connectivity index (χ3v) is 1.71. The monoisotopic (exact) mass is 259 g/mol. The Morgan fingerprint density at radius 3 is 2.06 bits per heavy atom. The molecule has 0 saturated heterocycles. The number of rotatable bonds is 5. The first-order valence-corrected chi connectivity index (χ1v) is 4.98. The zero-order chi connectivity index (χ0) is 14.3. The van der Waals surface area contributed by atoms with E-state index in [1.807, 2.05) is 0 Å². The van der Waals surface area contributed by atoms with Crippen LogP contribution in [0.1, 0.15) is 26.7 Å². The average Bonchev–Trinajstić information content (AvgIpc) is 2.24. The zero-order valence-corrected chi connectivity index (χ0v) is 9.85. The summed E-state index contributed by atoms with van der Waals surface area (Å²) in [6, 6.07) is 0. The highest BCUT2D eigenvalue weighted by Crippen LogP contribution is 2.05. The predicted octanol–water partition coefficient (Wildman–Crippen LogP) is -0.153. The van der Waals surface area contributed by atoms with E-state index in [2.05, 4.69) is 10.1 Å². The van der Waals surface area contributed by atoms with Gasteiger partial charge in [0.2, 0.25) is 11.7 Å². The van der Waals surface area contributed by atoms with Crippen LogP contribution in [0.4, 0.5) is 0 Å². The molecule has 0 aliphatic rings. The van der Waals surface area contributed by atoms with Gasteiger partial charge in [-0.05, 0) is 13.3 Å². The summed E-state index contributed by atoms with van der Waals surface area (Å²) >= 11 is 0. The normalized spacial score (nSPS) is 11.2. The Morgan fingerprint density at radius 1 is 1.11 bits per heavy atom. The fourth-order valence-electron chi connectivity index (χ4n) is 0.972. The minimum absolute atomic E-state index is 0.164. The molecule has 0 aromatic rings. The molecule has 0 rings (SSSR count). The van der Waals surface area contributed by atoms with Crippen LogP contribution in [0.25, 0.3) is 0 Å². The van der Waals surface area contributed by atoms with Crippen molar-refractivity contribution in [1.82, 2.24) is 5.32 Å². The first-order valence-electron chi connectivity index (χ1n) is 4.98. The summed E-state index contributed by atoms with van der Waals surface area (Å²) in [4.78, 5) is 42.9. The Morgan fingerprint density at radius 2 is 1.67 bits per heavy atom. The van der Waals surface area contributed by atoms with Crippen molar-refractivity contribution in [1.29, 1.82) is 0 Å². The van der Waals surface area contributed by atoms with Crippen LogP contribution in [0.15, 0.2) is 11.5 Å². The van der Waals surface area contributed by atoms with Gasteiger partial charge in [0.1, 0.15) is 0 Å². The summed E-state index contributed by atoms with van der Waals surface area (Å²) in [6.07, 6.45) is 0.716. The number of carboxylic acids is 2. The second-order valence-electron chi connectivity index (χ2n) is 3.25. The van der Waals surface area contributed by atoms with Gasteiger partial charge in [-0.1, -0.05) is 6.92 Å². The van der Waals surface area contributed by atoms with Crippen molar-refractivity contribution in [3.8, 4) is 0 Å². The van der Waals surface area contributed by atoms with Crippen LogP contribution in [0.3, 0.4) is 0 Å². The third kappa shape index (κ3) is 5.10. The van der Waals surface area contributed by atoms with Crippen molar-refractivity contribution in [2.75, 3.05) is 0 Å². The minimum Gasteiger partial charge on any atom is -0.475 e. The van der Waals surface area contributed by atoms with Gasteiger partial charge in [0.25, 0.3) is 0 Å². The van der Waals surface area contributed by atoms with Crippen molar-refractivity contribution < 1.29 is 34.1 Å². The molecule has 8 nitrogen and oxygen atoms in total. The van der Waals surface area contributed by atoms with Gasteiger partial charge >= 0.3 is 17.9 Å². The predicted molar refractivity (Wildman–Crippen MR) is 57.1 cm³/mol. The smallest absolute Gasteiger partial charge is 0.422 e. The highest BCUT2D eigenvalue weighted by atomic mass is 16.6. The lowest BCUT2D eigenvalue weighted by Crippen LogP contribution is -2.27. The van der Waals surface area contributed by atoms with Crippen molar-refractivity contribution >= 4 is 23.8 Å². The molecule has 0 fully saturated rings. The lowest BCUT2D eigenvalue weighted by Gasteiger charge is -2.08. The third-order valence-electron chi connectivity index (χ3n) is 1.71. The molecule has 0 spiro atoms. The summed E-state index contributed by atoms with van der Waals surface area (Å²) in [5.41, 5.74) is -0.240. The molecule has 3 N–H and O–H groups in total. The van der Waals surface area contributed by atoms with Gasteiger partial charge in [-0.25, -0.2) is 14.4 Å². The molecule has 1 amide bonds. The summed E-state index contributed by atoms with van der Waals surface area (Å²) in [5, 5.41) is 19.2. The molecule has 8 heteroatoms. The number of hydrogen-bond donors (Lipinski definition) is 3. The quantitative estimate of drug-likeness (QED) is 0.271. The van der Waals surface area contributed by atoms with Crippen LogP contribution in [-0.2, 0) is 23.9 Å².